The molecule has 6 heterocycles. The standard InChI is InChI=1S/C76H94N4O24/c1-31-21-19-23-33(3)73(95)79-55-45(63(89)49-51(65(55)91)61(87)41(11)69-53(49)71(93)75(15,103-69)99-27-25-47(97-17)35(5)67(101-43(13)81)39(9)59(85)37(7)57(31)83)29-77-78-30-46-56-66(92)52-50(64(46)90)54-70(42(12)62(52)88)104-76(16,72(54)94)100-28-26-48(98-18)36(6)68(102-44(14)82)40(10)60(86)38(8)58(84)32(2)22-20-24-34(4)74(96)80-56/h19-32,35-40,47-48,57-60,67-68,83-92H,1-18H3,(H,79,95)(H,80,96)/b21-19-,22-20+,27-25-,28-26+,33-23-,34-24?,77-29-,78-30+. The first-order chi connectivity index (χ1) is 48.7. The van der Waals surface area contributed by atoms with Crippen molar-refractivity contribution in [2.45, 2.75) is 171 Å². The Morgan fingerprint density at radius 3 is 1.13 bits per heavy atom. The molecule has 6 aliphatic heterocycles. The van der Waals surface area contributed by atoms with Gasteiger partial charge < -0.3 is 99.6 Å². The summed E-state index contributed by atoms with van der Waals surface area (Å²) in [4.78, 5) is 83.9. The number of carbonyl (C=O) groups is 6. The number of hydrogen-bond acceptors (Lipinski definition) is 26. The van der Waals surface area contributed by atoms with Crippen LogP contribution in [0.4, 0.5) is 11.4 Å². The van der Waals surface area contributed by atoms with Crippen molar-refractivity contribution in [1.29, 1.82) is 0 Å². The van der Waals surface area contributed by atoms with E-state index in [0.29, 0.717) is 0 Å². The van der Waals surface area contributed by atoms with Crippen LogP contribution in [0.2, 0.25) is 0 Å². The summed E-state index contributed by atoms with van der Waals surface area (Å²) < 4.78 is 47.7. The number of aromatic hydroxyl groups is 6. The molecule has 4 aromatic rings. The van der Waals surface area contributed by atoms with Gasteiger partial charge in [0.05, 0.1) is 106 Å². The predicted molar refractivity (Wildman–Crippen MR) is 383 cm³/mol. The molecule has 6 aliphatic rings. The van der Waals surface area contributed by atoms with Crippen LogP contribution < -0.4 is 20.1 Å². The molecule has 28 nitrogen and oxygen atoms in total. The summed E-state index contributed by atoms with van der Waals surface area (Å²) >= 11 is 0. The summed E-state index contributed by atoms with van der Waals surface area (Å²) in [6.07, 6.45) is 6.54. The summed E-state index contributed by atoms with van der Waals surface area (Å²) in [7, 11) is 2.74. The molecule has 18 atom stereocenters. The highest BCUT2D eigenvalue weighted by molar-refractivity contribution is 6.25. The fraction of sp³-hybridized carbons (Fsp3) is 0.474. The van der Waals surface area contributed by atoms with Gasteiger partial charge >= 0.3 is 23.5 Å². The van der Waals surface area contributed by atoms with Crippen LogP contribution >= 0.6 is 0 Å². The van der Waals surface area contributed by atoms with Crippen molar-refractivity contribution in [3.05, 3.63) is 106 Å². The number of methoxy groups -OCH3 is 2. The molecule has 0 saturated heterocycles. The number of phenolic OH excluding ortho intramolecular Hbond substituents is 6. The Bertz CT molecular complexity index is 4070. The minimum absolute atomic E-state index is 0.0414. The molecule has 562 valence electrons. The van der Waals surface area contributed by atoms with Crippen molar-refractivity contribution in [2.24, 2.45) is 57.5 Å². The molecule has 4 aromatic carbocycles. The number of phenols is 6. The van der Waals surface area contributed by atoms with Gasteiger partial charge in [-0.25, -0.2) is 0 Å². The molecule has 0 aliphatic carbocycles. The number of hydrogen-bond donors (Lipinski definition) is 12. The van der Waals surface area contributed by atoms with Gasteiger partial charge in [-0.05, 0) is 39.8 Å². The topological polar surface area (TPSA) is 427 Å². The molecular weight excluding hydrogens is 1350 g/mol. The lowest BCUT2D eigenvalue weighted by molar-refractivity contribution is -0.161. The van der Waals surface area contributed by atoms with E-state index in [1.165, 1.54) is 106 Å². The predicted octanol–water partition coefficient (Wildman–Crippen LogP) is 9.27. The number of ether oxygens (including phenoxy) is 8. The summed E-state index contributed by atoms with van der Waals surface area (Å²) in [6.45, 7) is 23.6. The molecule has 0 spiro atoms. The number of amides is 2. The van der Waals surface area contributed by atoms with E-state index < -0.39 is 233 Å². The zero-order valence-corrected chi connectivity index (χ0v) is 61.2. The molecule has 10 bridgehead atoms. The van der Waals surface area contributed by atoms with E-state index >= 15 is 0 Å². The van der Waals surface area contributed by atoms with Crippen LogP contribution in [0.25, 0.3) is 21.5 Å². The monoisotopic (exact) mass is 1450 g/mol. The van der Waals surface area contributed by atoms with Crippen molar-refractivity contribution >= 4 is 80.7 Å². The van der Waals surface area contributed by atoms with Gasteiger partial charge in [-0.3, -0.25) is 28.8 Å². The van der Waals surface area contributed by atoms with E-state index in [9.17, 15) is 79.8 Å². The van der Waals surface area contributed by atoms with Crippen molar-refractivity contribution in [2.75, 3.05) is 24.9 Å². The quantitative estimate of drug-likeness (QED) is 0.0269. The number of carbonyl (C=O) groups excluding carboxylic acids is 6. The fourth-order valence-corrected chi connectivity index (χ4v) is 13.9. The van der Waals surface area contributed by atoms with Gasteiger partial charge in [0.25, 0.3) is 23.4 Å². The van der Waals surface area contributed by atoms with E-state index in [1.807, 2.05) is 0 Å². The molecule has 12 N–H and O–H groups in total. The Labute approximate surface area is 601 Å². The highest BCUT2D eigenvalue weighted by atomic mass is 16.7. The lowest BCUT2D eigenvalue weighted by atomic mass is 9.78. The molecule has 2 amide bonds. The summed E-state index contributed by atoms with van der Waals surface area (Å²) in [5.74, 6) is -21.5. The number of esters is 2. The zero-order valence-electron chi connectivity index (χ0n) is 61.2. The molecule has 28 heteroatoms. The number of benzene rings is 4. The van der Waals surface area contributed by atoms with E-state index in [4.69, 9.17) is 37.9 Å². The summed E-state index contributed by atoms with van der Waals surface area (Å²) in [5, 5.41) is 132. The molecule has 18 unspecified atom stereocenters. The van der Waals surface area contributed by atoms with Gasteiger partial charge in [0.15, 0.2) is 11.5 Å². The first kappa shape index (κ1) is 79.9. The Hall–Kier alpha value is -9.84. The van der Waals surface area contributed by atoms with Crippen molar-refractivity contribution in [3.63, 3.8) is 0 Å². The maximum Gasteiger partial charge on any atom is 0.312 e. The number of allylic oxidation sites excluding steroid dienone is 4. The maximum atomic E-state index is 15.0. The number of fused-ring (bicyclic) bond motifs is 28. The van der Waals surface area contributed by atoms with Gasteiger partial charge in [-0.2, -0.15) is 10.2 Å². The van der Waals surface area contributed by atoms with Crippen LogP contribution in [0.1, 0.15) is 140 Å². The Morgan fingerprint density at radius 1 is 0.481 bits per heavy atom. The third kappa shape index (κ3) is 15.1. The van der Waals surface area contributed by atoms with Crippen molar-refractivity contribution in [1.82, 2.24) is 0 Å². The minimum Gasteiger partial charge on any atom is -0.507 e. The third-order valence-electron chi connectivity index (χ3n) is 20.5. The highest BCUT2D eigenvalue weighted by Crippen LogP contribution is 2.57. The van der Waals surface area contributed by atoms with Crippen LogP contribution in [0.5, 0.6) is 46.0 Å². The second-order valence-corrected chi connectivity index (χ2v) is 27.7. The Morgan fingerprint density at radius 2 is 0.817 bits per heavy atom. The number of rotatable bonds is 7. The average Bonchev–Trinajstić information content (AvgIpc) is 1.49. The second kappa shape index (κ2) is 31.6. The number of Topliss-reactive ketones (excluding diaryl/α,β-unsaturated/α-hetero) is 2. The smallest absolute Gasteiger partial charge is 0.312 e. The maximum absolute atomic E-state index is 15.0. The molecule has 104 heavy (non-hydrogen) atoms. The number of ketones is 2. The third-order valence-corrected chi connectivity index (χ3v) is 20.5. The average molecular weight is 1450 g/mol. The van der Waals surface area contributed by atoms with Gasteiger partial charge in [-0.1, -0.05) is 91.8 Å². The van der Waals surface area contributed by atoms with Gasteiger partial charge in [-0.15, -0.1) is 0 Å². The number of aliphatic hydroxyl groups excluding tert-OH is 4. The van der Waals surface area contributed by atoms with Crippen LogP contribution in [-0.4, -0.2) is 173 Å². The van der Waals surface area contributed by atoms with Crippen LogP contribution in [-0.2, 0) is 47.6 Å². The molecule has 0 saturated carbocycles. The molecule has 0 aromatic heterocycles. The molecule has 10 rings (SSSR count). The van der Waals surface area contributed by atoms with Crippen LogP contribution in [0.3, 0.4) is 0 Å². The van der Waals surface area contributed by atoms with E-state index in [-0.39, 0.29) is 33.8 Å². The van der Waals surface area contributed by atoms with Gasteiger partial charge in [0.1, 0.15) is 46.7 Å². The molecule has 0 radical (unpaired) electrons. The van der Waals surface area contributed by atoms with Gasteiger partial charge in [0, 0.05) is 122 Å². The zero-order chi connectivity index (χ0) is 77.4. The van der Waals surface area contributed by atoms with Crippen LogP contribution in [0, 0.1) is 61.2 Å². The van der Waals surface area contributed by atoms with E-state index in [1.54, 1.807) is 67.5 Å². The van der Waals surface area contributed by atoms with Gasteiger partial charge in [0.2, 0.25) is 0 Å². The Balaban J connectivity index is 1.32. The second-order valence-electron chi connectivity index (χ2n) is 27.7. The van der Waals surface area contributed by atoms with E-state index in [2.05, 4.69) is 20.8 Å². The number of nitrogens with zero attached hydrogens (tertiary/aromatic N) is 2. The number of nitrogens with one attached hydrogen (secondary N) is 2. The number of aliphatic hydroxyl groups is 4. The van der Waals surface area contributed by atoms with Crippen molar-refractivity contribution < 1.29 is 118 Å². The van der Waals surface area contributed by atoms with E-state index in [0.717, 1.165) is 25.0 Å². The first-order valence-corrected chi connectivity index (χ1v) is 34.0. The lowest BCUT2D eigenvalue weighted by Crippen LogP contribution is -2.46. The largest absolute Gasteiger partial charge is 0.507 e. The normalized spacial score (nSPS) is 32.2. The number of anilines is 2. The SMILES string of the molecule is COC1/C=C\OC2(C)Oc3c(C)c(O)c4c(O)c(c(/C=N\N=C\c5c6c(O)c7c(O)c(C)c8c(c7c5O)C(=O)C(C)(O/C=C/C(OC)C(C)C(OC(C)=O)C(C)C(O)C(C)C(O)C(C)/C=C/C=C(C)C(=O)N6)O8)c(O)c4c3C2=O)NC(=O)/C(C)=C\C=C/C(C)C(O)C(C)C(O)C(C)C(OC(C)=O)C1C. The van der Waals surface area contributed by atoms with Crippen molar-refractivity contribution in [3.8, 4) is 46.0 Å². The molecular formula is C76H94N4O24. The summed E-state index contributed by atoms with van der Waals surface area (Å²) in [5.41, 5.74) is -3.60. The minimum atomic E-state index is -2.29. The lowest BCUT2D eigenvalue weighted by Gasteiger charge is -2.38. The first-order valence-electron chi connectivity index (χ1n) is 34.0. The Kier molecular flexibility index (Phi) is 24.3. The van der Waals surface area contributed by atoms with Crippen LogP contribution in [0.15, 0.2) is 82.5 Å². The highest BCUT2D eigenvalue weighted by Gasteiger charge is 2.52. The summed E-state index contributed by atoms with van der Waals surface area (Å²) in [6, 6.07) is 0. The fourth-order valence-electron chi connectivity index (χ4n) is 13.9. The molecule has 0 fully saturated rings.